The molecule has 0 saturated heterocycles. The molecule has 1 heterocycles. The first-order valence-corrected chi connectivity index (χ1v) is 5.42. The van der Waals surface area contributed by atoms with Crippen molar-refractivity contribution in [3.63, 3.8) is 0 Å². The topological polar surface area (TPSA) is 39.2 Å². The van der Waals surface area contributed by atoms with Crippen LogP contribution in [0.3, 0.4) is 0 Å². The van der Waals surface area contributed by atoms with Crippen molar-refractivity contribution < 1.29 is 18.3 Å². The number of nitrogens with zero attached hydrogens (tertiary/aromatic N) is 1. The Morgan fingerprint density at radius 2 is 2.31 bits per heavy atom. The van der Waals surface area contributed by atoms with Gasteiger partial charge in [0.25, 0.3) is 6.43 Å². The lowest BCUT2D eigenvalue weighted by atomic mass is 10.1. The molecule has 0 radical (unpaired) electrons. The summed E-state index contributed by atoms with van der Waals surface area (Å²) in [5.74, 6) is -0.449. The molecule has 0 N–H and O–H groups in total. The van der Waals surface area contributed by atoms with Gasteiger partial charge in [0.15, 0.2) is 0 Å². The molecule has 0 aliphatic carbocycles. The zero-order valence-electron chi connectivity index (χ0n) is 8.54. The molecule has 0 aliphatic rings. The van der Waals surface area contributed by atoms with E-state index in [1.54, 1.807) is 6.92 Å². The number of rotatable bonds is 4. The molecule has 3 nitrogen and oxygen atoms in total. The Hall–Kier alpha value is -1.04. The Balaban J connectivity index is 2.86. The van der Waals surface area contributed by atoms with Gasteiger partial charge in [-0.1, -0.05) is 0 Å². The van der Waals surface area contributed by atoms with Crippen molar-refractivity contribution in [2.45, 2.75) is 19.8 Å². The molecule has 0 aromatic carbocycles. The quantitative estimate of drug-likeness (QED) is 0.802. The average Bonchev–Trinajstić information content (AvgIpc) is 2.21. The molecule has 0 saturated carbocycles. The Labute approximate surface area is 99.9 Å². The predicted octanol–water partition coefficient (Wildman–Crippen LogP) is 2.89. The van der Waals surface area contributed by atoms with Crippen LogP contribution in [0, 0.1) is 0 Å². The number of carbonyl (C=O) groups is 1. The van der Waals surface area contributed by atoms with E-state index < -0.39 is 12.4 Å². The van der Waals surface area contributed by atoms with Gasteiger partial charge < -0.3 is 4.74 Å². The van der Waals surface area contributed by atoms with E-state index in [1.165, 1.54) is 12.3 Å². The van der Waals surface area contributed by atoms with Gasteiger partial charge in [-0.3, -0.25) is 9.78 Å². The SMILES string of the molecule is CCOC(=O)Cc1cc(C(F)F)ncc1Br. The van der Waals surface area contributed by atoms with Gasteiger partial charge >= 0.3 is 5.97 Å². The summed E-state index contributed by atoms with van der Waals surface area (Å²) < 4.78 is 30.0. The minimum Gasteiger partial charge on any atom is -0.466 e. The van der Waals surface area contributed by atoms with E-state index in [4.69, 9.17) is 4.74 Å². The second-order valence-electron chi connectivity index (χ2n) is 2.98. The van der Waals surface area contributed by atoms with Gasteiger partial charge in [-0.05, 0) is 34.5 Å². The number of carbonyl (C=O) groups excluding carboxylic acids is 1. The van der Waals surface area contributed by atoms with Crippen molar-refractivity contribution in [2.75, 3.05) is 6.61 Å². The summed E-state index contributed by atoms with van der Waals surface area (Å²) in [6.45, 7) is 1.95. The first-order chi connectivity index (χ1) is 7.54. The van der Waals surface area contributed by atoms with Crippen LogP contribution in [-0.4, -0.2) is 17.6 Å². The fourth-order valence-electron chi connectivity index (χ4n) is 1.12. The molecule has 1 rings (SSSR count). The maximum atomic E-state index is 12.4. The van der Waals surface area contributed by atoms with E-state index in [1.807, 2.05) is 0 Å². The third-order valence-electron chi connectivity index (χ3n) is 1.82. The second-order valence-corrected chi connectivity index (χ2v) is 3.84. The Morgan fingerprint density at radius 3 is 2.88 bits per heavy atom. The molecule has 16 heavy (non-hydrogen) atoms. The minimum absolute atomic E-state index is 0.0450. The van der Waals surface area contributed by atoms with Crippen LogP contribution in [-0.2, 0) is 16.0 Å². The molecular weight excluding hydrogens is 284 g/mol. The molecule has 0 spiro atoms. The Morgan fingerprint density at radius 1 is 1.62 bits per heavy atom. The van der Waals surface area contributed by atoms with Crippen LogP contribution < -0.4 is 0 Å². The molecule has 0 fully saturated rings. The van der Waals surface area contributed by atoms with E-state index in [0.29, 0.717) is 10.0 Å². The minimum atomic E-state index is -2.64. The number of alkyl halides is 2. The van der Waals surface area contributed by atoms with E-state index in [0.717, 1.165) is 0 Å². The van der Waals surface area contributed by atoms with Crippen LogP contribution in [0.1, 0.15) is 24.6 Å². The molecule has 1 aromatic heterocycles. The van der Waals surface area contributed by atoms with Crippen molar-refractivity contribution in [3.8, 4) is 0 Å². The Kier molecular flexibility index (Phi) is 4.79. The summed E-state index contributed by atoms with van der Waals surface area (Å²) in [4.78, 5) is 14.7. The van der Waals surface area contributed by atoms with E-state index >= 15 is 0 Å². The highest BCUT2D eigenvalue weighted by Crippen LogP contribution is 2.23. The van der Waals surface area contributed by atoms with Gasteiger partial charge in [0.2, 0.25) is 0 Å². The van der Waals surface area contributed by atoms with Crippen molar-refractivity contribution in [3.05, 3.63) is 28.0 Å². The van der Waals surface area contributed by atoms with Gasteiger partial charge in [-0.2, -0.15) is 0 Å². The molecule has 1 aromatic rings. The molecule has 0 bridgehead atoms. The highest BCUT2D eigenvalue weighted by molar-refractivity contribution is 9.10. The number of halogens is 3. The number of hydrogen-bond donors (Lipinski definition) is 0. The molecule has 0 unspecified atom stereocenters. The predicted molar refractivity (Wildman–Crippen MR) is 57.2 cm³/mol. The summed E-state index contributed by atoms with van der Waals surface area (Å²) in [6.07, 6.45) is -1.43. The van der Waals surface area contributed by atoms with Crippen molar-refractivity contribution in [1.29, 1.82) is 0 Å². The lowest BCUT2D eigenvalue weighted by Gasteiger charge is -2.06. The van der Waals surface area contributed by atoms with Crippen LogP contribution >= 0.6 is 15.9 Å². The number of hydrogen-bond acceptors (Lipinski definition) is 3. The maximum absolute atomic E-state index is 12.4. The number of esters is 1. The normalized spacial score (nSPS) is 10.6. The fourth-order valence-corrected chi connectivity index (χ4v) is 1.48. The van der Waals surface area contributed by atoms with Gasteiger partial charge in [-0.15, -0.1) is 0 Å². The molecular formula is C10H10BrF2NO2. The summed E-state index contributed by atoms with van der Waals surface area (Å²) >= 11 is 3.14. The Bertz CT molecular complexity index is 385. The fraction of sp³-hybridized carbons (Fsp3) is 0.400. The highest BCUT2D eigenvalue weighted by atomic mass is 79.9. The van der Waals surface area contributed by atoms with Crippen LogP contribution in [0.25, 0.3) is 0 Å². The smallest absolute Gasteiger partial charge is 0.310 e. The zero-order valence-corrected chi connectivity index (χ0v) is 10.1. The largest absolute Gasteiger partial charge is 0.466 e. The summed E-state index contributed by atoms with van der Waals surface area (Å²) in [7, 11) is 0. The maximum Gasteiger partial charge on any atom is 0.310 e. The van der Waals surface area contributed by atoms with E-state index in [9.17, 15) is 13.6 Å². The standard InChI is InChI=1S/C10H10BrF2NO2/c1-2-16-9(15)4-6-3-8(10(12)13)14-5-7(6)11/h3,5,10H,2,4H2,1H3. The molecule has 0 atom stereocenters. The molecule has 6 heteroatoms. The van der Waals surface area contributed by atoms with Crippen LogP contribution in [0.4, 0.5) is 8.78 Å². The van der Waals surface area contributed by atoms with Crippen LogP contribution in [0.15, 0.2) is 16.7 Å². The van der Waals surface area contributed by atoms with Gasteiger partial charge in [0, 0.05) is 10.7 Å². The number of pyridine rings is 1. The highest BCUT2D eigenvalue weighted by Gasteiger charge is 2.14. The van der Waals surface area contributed by atoms with Crippen LogP contribution in [0.5, 0.6) is 0 Å². The third-order valence-corrected chi connectivity index (χ3v) is 2.53. The molecule has 0 aliphatic heterocycles. The number of ether oxygens (including phenoxy) is 1. The molecule has 88 valence electrons. The first-order valence-electron chi connectivity index (χ1n) is 4.62. The van der Waals surface area contributed by atoms with Crippen LogP contribution in [0.2, 0.25) is 0 Å². The van der Waals surface area contributed by atoms with Gasteiger partial charge in [0.05, 0.1) is 13.0 Å². The monoisotopic (exact) mass is 293 g/mol. The molecule has 0 amide bonds. The van der Waals surface area contributed by atoms with Crippen molar-refractivity contribution in [1.82, 2.24) is 4.98 Å². The third kappa shape index (κ3) is 3.52. The van der Waals surface area contributed by atoms with Gasteiger partial charge in [0.1, 0.15) is 5.69 Å². The lowest BCUT2D eigenvalue weighted by Crippen LogP contribution is -2.08. The summed E-state index contributed by atoms with van der Waals surface area (Å²) in [6, 6.07) is 1.20. The van der Waals surface area contributed by atoms with Gasteiger partial charge in [-0.25, -0.2) is 8.78 Å². The summed E-state index contributed by atoms with van der Waals surface area (Å²) in [5.41, 5.74) is 0.103. The zero-order chi connectivity index (χ0) is 12.1. The average molecular weight is 294 g/mol. The van der Waals surface area contributed by atoms with Crippen molar-refractivity contribution in [2.24, 2.45) is 0 Å². The van der Waals surface area contributed by atoms with E-state index in [2.05, 4.69) is 20.9 Å². The van der Waals surface area contributed by atoms with Crippen molar-refractivity contribution >= 4 is 21.9 Å². The lowest BCUT2D eigenvalue weighted by molar-refractivity contribution is -0.142. The number of aromatic nitrogens is 1. The first kappa shape index (κ1) is 13.0. The second kappa shape index (κ2) is 5.89. The summed E-state index contributed by atoms with van der Waals surface area (Å²) in [5, 5.41) is 0. The van der Waals surface area contributed by atoms with E-state index in [-0.39, 0.29) is 18.7 Å².